The summed E-state index contributed by atoms with van der Waals surface area (Å²) in [4.78, 5) is 24.3. The van der Waals surface area contributed by atoms with Crippen LogP contribution < -0.4 is 10.6 Å². The van der Waals surface area contributed by atoms with E-state index in [9.17, 15) is 9.59 Å². The zero-order chi connectivity index (χ0) is 10.6. The fourth-order valence-electron chi connectivity index (χ4n) is 1.49. The quantitative estimate of drug-likeness (QED) is 0.542. The molecule has 5 nitrogen and oxygen atoms in total. The molecule has 78 valence electrons. The Hall–Kier alpha value is -1.36. The lowest BCUT2D eigenvalue weighted by Gasteiger charge is -2.34. The van der Waals surface area contributed by atoms with Gasteiger partial charge in [-0.1, -0.05) is 6.58 Å². The van der Waals surface area contributed by atoms with Crippen LogP contribution in [-0.2, 0) is 9.59 Å². The van der Waals surface area contributed by atoms with E-state index in [1.165, 1.54) is 11.0 Å². The fraction of sp³-hybridized carbons (Fsp3) is 0.556. The Bertz CT molecular complexity index is 252. The molecule has 1 saturated heterocycles. The summed E-state index contributed by atoms with van der Waals surface area (Å²) in [5.74, 6) is -0.340. The molecule has 1 fully saturated rings. The SMILES string of the molecule is C=CC(=O)N1CCNCC1C(=O)NC. The fourth-order valence-corrected chi connectivity index (χ4v) is 1.49. The highest BCUT2D eigenvalue weighted by Gasteiger charge is 2.29. The molecule has 1 aliphatic rings. The van der Waals surface area contributed by atoms with Gasteiger partial charge in [-0.05, 0) is 6.08 Å². The second-order valence-electron chi connectivity index (χ2n) is 3.07. The van der Waals surface area contributed by atoms with Crippen molar-refractivity contribution in [3.8, 4) is 0 Å². The van der Waals surface area contributed by atoms with Gasteiger partial charge in [0.1, 0.15) is 6.04 Å². The smallest absolute Gasteiger partial charge is 0.246 e. The summed E-state index contributed by atoms with van der Waals surface area (Å²) in [6.45, 7) is 5.17. The molecule has 1 heterocycles. The highest BCUT2D eigenvalue weighted by molar-refractivity contribution is 5.92. The van der Waals surface area contributed by atoms with Crippen LogP contribution in [0.25, 0.3) is 0 Å². The molecule has 0 aromatic carbocycles. The number of nitrogens with zero attached hydrogens (tertiary/aromatic N) is 1. The van der Waals surface area contributed by atoms with E-state index in [0.717, 1.165) is 0 Å². The Morgan fingerprint density at radius 2 is 2.36 bits per heavy atom. The number of hydrogen-bond donors (Lipinski definition) is 2. The molecule has 1 aliphatic heterocycles. The van der Waals surface area contributed by atoms with E-state index in [1.807, 2.05) is 0 Å². The first-order valence-corrected chi connectivity index (χ1v) is 4.56. The predicted molar refractivity (Wildman–Crippen MR) is 52.6 cm³/mol. The molecule has 5 heteroatoms. The van der Waals surface area contributed by atoms with E-state index in [1.54, 1.807) is 7.05 Å². The number of amides is 2. The maximum atomic E-state index is 11.4. The Morgan fingerprint density at radius 3 is 2.93 bits per heavy atom. The van der Waals surface area contributed by atoms with Crippen LogP contribution in [0.3, 0.4) is 0 Å². The maximum absolute atomic E-state index is 11.4. The largest absolute Gasteiger partial charge is 0.357 e. The number of rotatable bonds is 2. The van der Waals surface area contributed by atoms with Crippen LogP contribution in [0.15, 0.2) is 12.7 Å². The minimum absolute atomic E-state index is 0.146. The zero-order valence-electron chi connectivity index (χ0n) is 8.25. The minimum atomic E-state index is -0.417. The third-order valence-corrected chi connectivity index (χ3v) is 2.25. The molecule has 0 aromatic heterocycles. The molecule has 1 rings (SSSR count). The van der Waals surface area contributed by atoms with Crippen LogP contribution in [0.1, 0.15) is 0 Å². The summed E-state index contributed by atoms with van der Waals surface area (Å²) in [5.41, 5.74) is 0. The highest BCUT2D eigenvalue weighted by Crippen LogP contribution is 2.04. The van der Waals surface area contributed by atoms with Crippen molar-refractivity contribution in [1.29, 1.82) is 0 Å². The van der Waals surface area contributed by atoms with Crippen molar-refractivity contribution in [1.82, 2.24) is 15.5 Å². The van der Waals surface area contributed by atoms with Gasteiger partial charge >= 0.3 is 0 Å². The normalized spacial score (nSPS) is 21.5. The van der Waals surface area contributed by atoms with Gasteiger partial charge in [0.2, 0.25) is 11.8 Å². The first-order valence-electron chi connectivity index (χ1n) is 4.56. The Kier molecular flexibility index (Phi) is 3.64. The monoisotopic (exact) mass is 197 g/mol. The Labute approximate surface area is 83.1 Å². The summed E-state index contributed by atoms with van der Waals surface area (Å²) < 4.78 is 0. The molecular weight excluding hydrogens is 182 g/mol. The van der Waals surface area contributed by atoms with Crippen LogP contribution >= 0.6 is 0 Å². The molecule has 0 radical (unpaired) electrons. The molecule has 0 spiro atoms. The molecule has 0 aliphatic carbocycles. The van der Waals surface area contributed by atoms with E-state index in [4.69, 9.17) is 0 Å². The lowest BCUT2D eigenvalue weighted by Crippen LogP contribution is -2.58. The molecular formula is C9H15N3O2. The molecule has 0 saturated carbocycles. The van der Waals surface area contributed by atoms with Crippen molar-refractivity contribution in [2.45, 2.75) is 6.04 Å². The molecule has 1 unspecified atom stereocenters. The molecule has 0 aromatic rings. The number of carbonyl (C=O) groups is 2. The zero-order valence-corrected chi connectivity index (χ0v) is 8.25. The van der Waals surface area contributed by atoms with Crippen molar-refractivity contribution < 1.29 is 9.59 Å². The summed E-state index contributed by atoms with van der Waals surface area (Å²) in [7, 11) is 1.56. The number of carbonyl (C=O) groups excluding carboxylic acids is 2. The van der Waals surface area contributed by atoms with Gasteiger partial charge in [0.15, 0.2) is 0 Å². The molecule has 2 N–H and O–H groups in total. The van der Waals surface area contributed by atoms with Gasteiger partial charge in [-0.25, -0.2) is 0 Å². The van der Waals surface area contributed by atoms with Crippen LogP contribution in [0.5, 0.6) is 0 Å². The average Bonchev–Trinajstić information content (AvgIpc) is 2.27. The van der Waals surface area contributed by atoms with Gasteiger partial charge in [-0.3, -0.25) is 9.59 Å². The van der Waals surface area contributed by atoms with Crippen molar-refractivity contribution in [2.24, 2.45) is 0 Å². The lowest BCUT2D eigenvalue weighted by molar-refractivity contribution is -0.137. The van der Waals surface area contributed by atoms with Crippen molar-refractivity contribution >= 4 is 11.8 Å². The van der Waals surface area contributed by atoms with E-state index in [-0.39, 0.29) is 11.8 Å². The van der Waals surface area contributed by atoms with Crippen molar-refractivity contribution in [3.05, 3.63) is 12.7 Å². The van der Waals surface area contributed by atoms with E-state index in [0.29, 0.717) is 19.6 Å². The second-order valence-corrected chi connectivity index (χ2v) is 3.07. The van der Waals surface area contributed by atoms with Crippen molar-refractivity contribution in [2.75, 3.05) is 26.7 Å². The van der Waals surface area contributed by atoms with E-state index in [2.05, 4.69) is 17.2 Å². The molecule has 1 atom stereocenters. The lowest BCUT2D eigenvalue weighted by atomic mass is 10.1. The summed E-state index contributed by atoms with van der Waals surface area (Å²) in [5, 5.41) is 5.61. The van der Waals surface area contributed by atoms with Gasteiger partial charge in [0.25, 0.3) is 0 Å². The van der Waals surface area contributed by atoms with Gasteiger partial charge in [0, 0.05) is 26.7 Å². The maximum Gasteiger partial charge on any atom is 0.246 e. The number of nitrogens with one attached hydrogen (secondary N) is 2. The van der Waals surface area contributed by atoms with Crippen LogP contribution in [0.4, 0.5) is 0 Å². The van der Waals surface area contributed by atoms with E-state index >= 15 is 0 Å². The van der Waals surface area contributed by atoms with Crippen molar-refractivity contribution in [3.63, 3.8) is 0 Å². The van der Waals surface area contributed by atoms with Crippen LogP contribution in [0, 0.1) is 0 Å². The second kappa shape index (κ2) is 4.76. The number of piperazine rings is 1. The first kappa shape index (κ1) is 10.7. The topological polar surface area (TPSA) is 61.4 Å². The molecule has 14 heavy (non-hydrogen) atoms. The Morgan fingerprint density at radius 1 is 1.64 bits per heavy atom. The van der Waals surface area contributed by atoms with Crippen LogP contribution in [-0.4, -0.2) is 49.4 Å². The number of hydrogen-bond acceptors (Lipinski definition) is 3. The predicted octanol–water partition coefficient (Wildman–Crippen LogP) is -1.28. The van der Waals surface area contributed by atoms with Gasteiger partial charge in [-0.15, -0.1) is 0 Å². The van der Waals surface area contributed by atoms with E-state index < -0.39 is 6.04 Å². The first-order chi connectivity index (χ1) is 6.70. The average molecular weight is 197 g/mol. The summed E-state index contributed by atoms with van der Waals surface area (Å²) in [6.07, 6.45) is 1.24. The van der Waals surface area contributed by atoms with Gasteiger partial charge in [0.05, 0.1) is 0 Å². The molecule has 2 amide bonds. The Balaban J connectivity index is 2.73. The highest BCUT2D eigenvalue weighted by atomic mass is 16.2. The third-order valence-electron chi connectivity index (χ3n) is 2.25. The minimum Gasteiger partial charge on any atom is -0.357 e. The third kappa shape index (κ3) is 2.11. The standard InChI is InChI=1S/C9H15N3O2/c1-3-8(13)12-5-4-11-6-7(12)9(14)10-2/h3,7,11H,1,4-6H2,2H3,(H,10,14). The van der Waals surface area contributed by atoms with Gasteiger partial charge in [-0.2, -0.15) is 0 Å². The molecule has 0 bridgehead atoms. The van der Waals surface area contributed by atoms with Gasteiger partial charge < -0.3 is 15.5 Å². The van der Waals surface area contributed by atoms with Crippen LogP contribution in [0.2, 0.25) is 0 Å². The summed E-state index contributed by atoms with van der Waals surface area (Å²) >= 11 is 0. The number of likely N-dealkylation sites (N-methyl/N-ethyl adjacent to an activating group) is 1. The summed E-state index contributed by atoms with van der Waals surface area (Å²) in [6, 6.07) is -0.417.